The molecule has 2 aromatic heterocycles. The molecule has 1 aliphatic carbocycles. The molecule has 1 aromatic carbocycles. The van der Waals surface area contributed by atoms with Crippen molar-refractivity contribution in [3.63, 3.8) is 0 Å². The third-order valence-electron chi connectivity index (χ3n) is 6.16. The molecule has 3 heterocycles. The van der Waals surface area contributed by atoms with Crippen LogP contribution in [0.4, 0.5) is 5.13 Å². The van der Waals surface area contributed by atoms with Crippen LogP contribution in [0.3, 0.4) is 0 Å². The van der Waals surface area contributed by atoms with E-state index in [1.807, 2.05) is 29.6 Å². The van der Waals surface area contributed by atoms with Crippen LogP contribution in [0.5, 0.6) is 0 Å². The lowest BCUT2D eigenvalue weighted by molar-refractivity contribution is -0.134. The third-order valence-corrected chi connectivity index (χ3v) is 6.85. The van der Waals surface area contributed by atoms with Gasteiger partial charge in [0.2, 0.25) is 11.8 Å². The van der Waals surface area contributed by atoms with Crippen molar-refractivity contribution < 1.29 is 9.59 Å². The van der Waals surface area contributed by atoms with Gasteiger partial charge >= 0.3 is 0 Å². The molecule has 0 spiro atoms. The number of hydrogen-bond donors (Lipinski definition) is 1. The highest BCUT2D eigenvalue weighted by Crippen LogP contribution is 2.35. The summed E-state index contributed by atoms with van der Waals surface area (Å²) in [4.78, 5) is 49.1. The lowest BCUT2D eigenvalue weighted by Crippen LogP contribution is -2.44. The number of likely N-dealkylation sites (tertiary alicyclic amines) is 1. The molecule has 1 saturated carbocycles. The van der Waals surface area contributed by atoms with Gasteiger partial charge in [0.25, 0.3) is 5.56 Å². The van der Waals surface area contributed by atoms with E-state index in [2.05, 4.69) is 10.3 Å². The number of thiazole rings is 1. The van der Waals surface area contributed by atoms with Gasteiger partial charge in [-0.25, -0.2) is 9.97 Å². The fraction of sp³-hybridized carbons (Fsp3) is 0.435. The number of piperidine rings is 1. The second-order valence-corrected chi connectivity index (χ2v) is 9.35. The zero-order chi connectivity index (χ0) is 22.1. The topological polar surface area (TPSA) is 97.2 Å². The van der Waals surface area contributed by atoms with Gasteiger partial charge in [-0.05, 0) is 37.8 Å². The first-order chi connectivity index (χ1) is 15.6. The van der Waals surface area contributed by atoms with Crippen molar-refractivity contribution in [1.82, 2.24) is 19.4 Å². The van der Waals surface area contributed by atoms with E-state index < -0.39 is 0 Å². The van der Waals surface area contributed by atoms with Gasteiger partial charge in [0, 0.05) is 43.5 Å². The Hall–Kier alpha value is -3.07. The minimum Gasteiger partial charge on any atom is -0.342 e. The molecular formula is C23H25N5O3S. The summed E-state index contributed by atoms with van der Waals surface area (Å²) in [7, 11) is 0. The smallest absolute Gasteiger partial charge is 0.261 e. The van der Waals surface area contributed by atoms with Crippen molar-refractivity contribution in [1.29, 1.82) is 0 Å². The standard InChI is InChI=1S/C23H25N5O3S/c29-20(27-12-3-4-15(14-27)21(30)26-23-24-11-13-32-23)10-9-19-25-18-6-2-1-5-17(18)22(31)28(19)16-7-8-16/h1-2,5-6,11,13,15-16H,3-4,7-10,12,14H2,(H,24,26,30). The number of carbonyl (C=O) groups is 2. The summed E-state index contributed by atoms with van der Waals surface area (Å²) in [5.41, 5.74) is 0.659. The molecule has 1 saturated heterocycles. The number of amides is 2. The van der Waals surface area contributed by atoms with Crippen LogP contribution in [-0.2, 0) is 16.0 Å². The van der Waals surface area contributed by atoms with Gasteiger partial charge in [-0.15, -0.1) is 11.3 Å². The van der Waals surface area contributed by atoms with Gasteiger partial charge in [-0.2, -0.15) is 0 Å². The second kappa shape index (κ2) is 8.82. The van der Waals surface area contributed by atoms with Crippen LogP contribution in [0.2, 0.25) is 0 Å². The monoisotopic (exact) mass is 451 g/mol. The van der Waals surface area contributed by atoms with Crippen molar-refractivity contribution in [2.24, 2.45) is 5.92 Å². The molecule has 2 aliphatic rings. The third kappa shape index (κ3) is 4.29. The molecule has 1 N–H and O–H groups in total. The summed E-state index contributed by atoms with van der Waals surface area (Å²) >= 11 is 1.38. The first-order valence-electron chi connectivity index (χ1n) is 11.1. The Balaban J connectivity index is 1.26. The highest BCUT2D eigenvalue weighted by atomic mass is 32.1. The molecule has 2 fully saturated rings. The first kappa shape index (κ1) is 20.8. The van der Waals surface area contributed by atoms with Gasteiger partial charge in [0.1, 0.15) is 5.82 Å². The molecule has 1 aliphatic heterocycles. The normalized spacial score (nSPS) is 18.6. The van der Waals surface area contributed by atoms with E-state index in [0.29, 0.717) is 41.4 Å². The molecule has 166 valence electrons. The quantitative estimate of drug-likeness (QED) is 0.621. The Bertz CT molecular complexity index is 1200. The van der Waals surface area contributed by atoms with Gasteiger partial charge in [-0.3, -0.25) is 19.0 Å². The molecule has 9 heteroatoms. The summed E-state index contributed by atoms with van der Waals surface area (Å²) in [5, 5.41) is 5.86. The Morgan fingerprint density at radius 1 is 1.19 bits per heavy atom. The lowest BCUT2D eigenvalue weighted by atomic mass is 9.97. The molecule has 5 rings (SSSR count). The van der Waals surface area contributed by atoms with E-state index in [-0.39, 0.29) is 35.8 Å². The molecule has 1 atom stereocenters. The molecule has 32 heavy (non-hydrogen) atoms. The number of rotatable bonds is 6. The molecule has 8 nitrogen and oxygen atoms in total. The van der Waals surface area contributed by atoms with Crippen LogP contribution >= 0.6 is 11.3 Å². The second-order valence-electron chi connectivity index (χ2n) is 8.46. The molecule has 3 aromatic rings. The summed E-state index contributed by atoms with van der Waals surface area (Å²) < 4.78 is 1.79. The van der Waals surface area contributed by atoms with E-state index in [1.165, 1.54) is 11.3 Å². The number of fused-ring (bicyclic) bond motifs is 1. The number of nitrogens with one attached hydrogen (secondary N) is 1. The van der Waals surface area contributed by atoms with E-state index in [9.17, 15) is 14.4 Å². The van der Waals surface area contributed by atoms with Gasteiger partial charge in [0.05, 0.1) is 16.8 Å². The van der Waals surface area contributed by atoms with E-state index in [1.54, 1.807) is 15.7 Å². The summed E-state index contributed by atoms with van der Waals surface area (Å²) in [6.45, 7) is 1.07. The molecule has 2 amide bonds. The van der Waals surface area contributed by atoms with Crippen molar-refractivity contribution >= 4 is 39.2 Å². The first-order valence-corrected chi connectivity index (χ1v) is 12.0. The van der Waals surface area contributed by atoms with Crippen LogP contribution in [0, 0.1) is 5.92 Å². The number of anilines is 1. The minimum atomic E-state index is -0.236. The van der Waals surface area contributed by atoms with Crippen LogP contribution < -0.4 is 10.9 Å². The Morgan fingerprint density at radius 3 is 2.81 bits per heavy atom. The Labute approximate surface area is 189 Å². The van der Waals surface area contributed by atoms with Gasteiger partial charge < -0.3 is 10.2 Å². The molecular weight excluding hydrogens is 426 g/mol. The van der Waals surface area contributed by atoms with Crippen LogP contribution in [0.1, 0.15) is 44.0 Å². The number of aryl methyl sites for hydroxylation is 1. The van der Waals surface area contributed by atoms with Crippen molar-refractivity contribution in [2.45, 2.75) is 44.6 Å². The van der Waals surface area contributed by atoms with Crippen molar-refractivity contribution in [2.75, 3.05) is 18.4 Å². The van der Waals surface area contributed by atoms with Crippen LogP contribution in [0.15, 0.2) is 40.6 Å². The minimum absolute atomic E-state index is 0.00139. The number of hydrogen-bond acceptors (Lipinski definition) is 6. The largest absolute Gasteiger partial charge is 0.342 e. The van der Waals surface area contributed by atoms with Crippen molar-refractivity contribution in [3.8, 4) is 0 Å². The predicted molar refractivity (Wildman–Crippen MR) is 123 cm³/mol. The fourth-order valence-electron chi connectivity index (χ4n) is 4.36. The highest BCUT2D eigenvalue weighted by Gasteiger charge is 2.31. The zero-order valence-electron chi connectivity index (χ0n) is 17.7. The van der Waals surface area contributed by atoms with Gasteiger partial charge in [-0.1, -0.05) is 12.1 Å². The average molecular weight is 452 g/mol. The number of nitrogens with zero attached hydrogens (tertiary/aromatic N) is 4. The summed E-state index contributed by atoms with van der Waals surface area (Å²) in [6.07, 6.45) is 5.85. The number of para-hydroxylation sites is 1. The highest BCUT2D eigenvalue weighted by molar-refractivity contribution is 7.13. The summed E-state index contributed by atoms with van der Waals surface area (Å²) in [5.74, 6) is 0.359. The Morgan fingerprint density at radius 2 is 2.03 bits per heavy atom. The average Bonchev–Trinajstić information content (AvgIpc) is 3.52. The lowest BCUT2D eigenvalue weighted by Gasteiger charge is -2.32. The molecule has 0 radical (unpaired) electrons. The van der Waals surface area contributed by atoms with Crippen LogP contribution in [0.25, 0.3) is 10.9 Å². The molecule has 0 bridgehead atoms. The summed E-state index contributed by atoms with van der Waals surface area (Å²) in [6, 6.07) is 7.57. The number of carbonyl (C=O) groups excluding carboxylic acids is 2. The predicted octanol–water partition coefficient (Wildman–Crippen LogP) is 3.00. The number of aromatic nitrogens is 3. The number of benzene rings is 1. The van der Waals surface area contributed by atoms with Crippen molar-refractivity contribution in [3.05, 3.63) is 52.0 Å². The van der Waals surface area contributed by atoms with E-state index >= 15 is 0 Å². The Kier molecular flexibility index (Phi) is 5.73. The maximum absolute atomic E-state index is 13.0. The zero-order valence-corrected chi connectivity index (χ0v) is 18.5. The molecule has 1 unspecified atom stereocenters. The van der Waals surface area contributed by atoms with Crippen LogP contribution in [-0.4, -0.2) is 44.3 Å². The maximum Gasteiger partial charge on any atom is 0.261 e. The van der Waals surface area contributed by atoms with Gasteiger partial charge in [0.15, 0.2) is 5.13 Å². The SMILES string of the molecule is O=C(Nc1nccs1)C1CCCN(C(=O)CCc2nc3ccccc3c(=O)n2C2CC2)C1. The van der Waals surface area contributed by atoms with E-state index in [0.717, 1.165) is 25.7 Å². The van der Waals surface area contributed by atoms with E-state index in [4.69, 9.17) is 4.98 Å². The fourth-order valence-corrected chi connectivity index (χ4v) is 4.90. The maximum atomic E-state index is 13.0.